The molecule has 0 aliphatic carbocycles. The molecule has 2 aromatic carbocycles. The second kappa shape index (κ2) is 9.56. The summed E-state index contributed by atoms with van der Waals surface area (Å²) in [5, 5.41) is 3.35. The molecular formula is C21H22BrN3O4. The number of rotatable bonds is 8. The van der Waals surface area contributed by atoms with Crippen molar-refractivity contribution in [3.8, 4) is 11.5 Å². The number of carbonyl (C=O) groups excluding carboxylic acids is 1. The highest BCUT2D eigenvalue weighted by Gasteiger charge is 2.11. The second-order valence-electron chi connectivity index (χ2n) is 6.23. The molecule has 0 aliphatic rings. The molecule has 3 rings (SSSR count). The minimum absolute atomic E-state index is 0.117. The topological polar surface area (TPSA) is 82.4 Å². The Morgan fingerprint density at radius 3 is 2.69 bits per heavy atom. The van der Waals surface area contributed by atoms with Crippen molar-refractivity contribution < 1.29 is 14.3 Å². The summed E-state index contributed by atoms with van der Waals surface area (Å²) in [4.78, 5) is 29.4. The molecule has 0 atom stereocenters. The van der Waals surface area contributed by atoms with Crippen LogP contribution in [0, 0.1) is 0 Å². The minimum Gasteiger partial charge on any atom is -0.494 e. The Labute approximate surface area is 176 Å². The number of ether oxygens (including phenoxy) is 2. The van der Waals surface area contributed by atoms with Crippen LogP contribution in [0.4, 0.5) is 5.69 Å². The van der Waals surface area contributed by atoms with Crippen molar-refractivity contribution >= 4 is 38.4 Å². The van der Waals surface area contributed by atoms with Gasteiger partial charge in [0.05, 0.1) is 36.1 Å². The molecule has 1 amide bonds. The normalized spacial score (nSPS) is 10.7. The lowest BCUT2D eigenvalue weighted by Gasteiger charge is -2.14. The molecule has 7 nitrogen and oxygen atoms in total. The Bertz CT molecular complexity index is 1080. The average Bonchev–Trinajstić information content (AvgIpc) is 2.70. The number of amides is 1. The number of carbonyl (C=O) groups is 1. The van der Waals surface area contributed by atoms with Crippen LogP contribution in [0.1, 0.15) is 20.3 Å². The number of hydrogen-bond donors (Lipinski definition) is 1. The zero-order valence-corrected chi connectivity index (χ0v) is 17.9. The first-order chi connectivity index (χ1) is 14.0. The van der Waals surface area contributed by atoms with Gasteiger partial charge in [-0.25, -0.2) is 4.98 Å². The number of halogens is 1. The number of benzene rings is 2. The first-order valence-corrected chi connectivity index (χ1v) is 10.1. The molecule has 29 heavy (non-hydrogen) atoms. The summed E-state index contributed by atoms with van der Waals surface area (Å²) in [7, 11) is 0. The monoisotopic (exact) mass is 459 g/mol. The number of nitrogens with zero attached hydrogens (tertiary/aromatic N) is 2. The molecule has 0 saturated heterocycles. The number of anilines is 1. The van der Waals surface area contributed by atoms with Crippen molar-refractivity contribution in [3.63, 3.8) is 0 Å². The quantitative estimate of drug-likeness (QED) is 0.550. The number of nitrogens with one attached hydrogen (secondary N) is 1. The van der Waals surface area contributed by atoms with E-state index in [1.165, 1.54) is 10.9 Å². The van der Waals surface area contributed by atoms with E-state index < -0.39 is 0 Å². The van der Waals surface area contributed by atoms with Gasteiger partial charge in [0.15, 0.2) is 0 Å². The molecule has 0 radical (unpaired) electrons. The molecule has 3 aromatic rings. The zero-order chi connectivity index (χ0) is 20.8. The van der Waals surface area contributed by atoms with Gasteiger partial charge in [-0.2, -0.15) is 0 Å². The Balaban J connectivity index is 1.73. The third-order valence-electron chi connectivity index (χ3n) is 4.20. The van der Waals surface area contributed by atoms with Crippen LogP contribution in [0.2, 0.25) is 0 Å². The van der Waals surface area contributed by atoms with Crippen LogP contribution in [0.25, 0.3) is 10.9 Å². The molecule has 0 aliphatic heterocycles. The second-order valence-corrected chi connectivity index (χ2v) is 7.14. The van der Waals surface area contributed by atoms with Gasteiger partial charge in [0.1, 0.15) is 11.5 Å². The maximum Gasteiger partial charge on any atom is 0.261 e. The fraction of sp³-hybridized carbons (Fsp3) is 0.286. The molecule has 1 N–H and O–H groups in total. The Kier molecular flexibility index (Phi) is 6.87. The molecule has 1 heterocycles. The van der Waals surface area contributed by atoms with Crippen LogP contribution in [0.5, 0.6) is 11.5 Å². The van der Waals surface area contributed by atoms with Gasteiger partial charge in [0, 0.05) is 23.5 Å². The van der Waals surface area contributed by atoms with Crippen molar-refractivity contribution in [1.29, 1.82) is 0 Å². The van der Waals surface area contributed by atoms with Gasteiger partial charge < -0.3 is 14.8 Å². The molecule has 152 valence electrons. The van der Waals surface area contributed by atoms with Crippen molar-refractivity contribution in [3.05, 3.63) is 57.6 Å². The van der Waals surface area contributed by atoms with Crippen LogP contribution in [0.15, 0.2) is 52.0 Å². The third-order valence-corrected chi connectivity index (χ3v) is 4.70. The van der Waals surface area contributed by atoms with E-state index in [4.69, 9.17) is 9.47 Å². The summed E-state index contributed by atoms with van der Waals surface area (Å²) >= 11 is 3.36. The van der Waals surface area contributed by atoms with E-state index in [0.717, 1.165) is 4.47 Å². The first kappa shape index (κ1) is 20.9. The summed E-state index contributed by atoms with van der Waals surface area (Å²) in [6, 6.07) is 10.6. The predicted octanol–water partition coefficient (Wildman–Crippen LogP) is 3.99. The summed E-state index contributed by atoms with van der Waals surface area (Å²) < 4.78 is 13.3. The average molecular weight is 460 g/mol. The summed E-state index contributed by atoms with van der Waals surface area (Å²) in [5.74, 6) is 0.978. The van der Waals surface area contributed by atoms with E-state index in [1.54, 1.807) is 30.3 Å². The summed E-state index contributed by atoms with van der Waals surface area (Å²) in [5.41, 5.74) is 0.973. The Morgan fingerprint density at radius 1 is 1.14 bits per heavy atom. The number of aryl methyl sites for hydroxylation is 1. The number of fused-ring (bicyclic) bond motifs is 1. The third kappa shape index (κ3) is 5.14. The van der Waals surface area contributed by atoms with E-state index in [2.05, 4.69) is 26.2 Å². The van der Waals surface area contributed by atoms with Gasteiger partial charge in [-0.05, 0) is 44.2 Å². The highest BCUT2D eigenvalue weighted by molar-refractivity contribution is 9.10. The van der Waals surface area contributed by atoms with Crippen molar-refractivity contribution in [2.45, 2.75) is 26.8 Å². The lowest BCUT2D eigenvalue weighted by Crippen LogP contribution is -2.23. The summed E-state index contributed by atoms with van der Waals surface area (Å²) in [6.07, 6.45) is 1.58. The van der Waals surface area contributed by atoms with Gasteiger partial charge in [-0.15, -0.1) is 0 Å². The highest BCUT2D eigenvalue weighted by atomic mass is 79.9. The minimum atomic E-state index is -0.235. The van der Waals surface area contributed by atoms with Crippen LogP contribution in [0.3, 0.4) is 0 Å². The van der Waals surface area contributed by atoms with Crippen molar-refractivity contribution in [2.75, 3.05) is 18.5 Å². The van der Waals surface area contributed by atoms with Crippen LogP contribution in [-0.2, 0) is 11.3 Å². The van der Waals surface area contributed by atoms with Gasteiger partial charge in [0.2, 0.25) is 5.91 Å². The first-order valence-electron chi connectivity index (χ1n) is 9.36. The van der Waals surface area contributed by atoms with Gasteiger partial charge in [-0.3, -0.25) is 14.2 Å². The fourth-order valence-electron chi connectivity index (χ4n) is 2.87. The standard InChI is InChI=1S/C21H22BrN3O4/c1-3-28-15-6-8-19(29-4-2)18(12-15)24-20(26)9-10-25-13-23-17-7-5-14(22)11-16(17)21(25)27/h5-8,11-13H,3-4,9-10H2,1-2H3,(H,24,26). The Morgan fingerprint density at radius 2 is 1.93 bits per heavy atom. The van der Waals surface area contributed by atoms with Crippen LogP contribution < -0.4 is 20.3 Å². The largest absolute Gasteiger partial charge is 0.494 e. The summed E-state index contributed by atoms with van der Waals surface area (Å²) in [6.45, 7) is 4.98. The van der Waals surface area contributed by atoms with Crippen molar-refractivity contribution in [2.24, 2.45) is 0 Å². The number of hydrogen-bond acceptors (Lipinski definition) is 5. The molecular weight excluding hydrogens is 438 g/mol. The molecule has 0 unspecified atom stereocenters. The SMILES string of the molecule is CCOc1ccc(OCC)c(NC(=O)CCn2cnc3ccc(Br)cc3c2=O)c1. The highest BCUT2D eigenvalue weighted by Crippen LogP contribution is 2.29. The smallest absolute Gasteiger partial charge is 0.261 e. The van der Waals surface area contributed by atoms with E-state index >= 15 is 0 Å². The van der Waals surface area contributed by atoms with Gasteiger partial charge >= 0.3 is 0 Å². The van der Waals surface area contributed by atoms with E-state index in [-0.39, 0.29) is 24.4 Å². The molecule has 8 heteroatoms. The number of aromatic nitrogens is 2. The lowest BCUT2D eigenvalue weighted by atomic mass is 10.2. The molecule has 0 saturated carbocycles. The fourth-order valence-corrected chi connectivity index (χ4v) is 3.23. The maximum atomic E-state index is 12.6. The molecule has 0 spiro atoms. The molecule has 0 bridgehead atoms. The maximum absolute atomic E-state index is 12.6. The molecule has 0 fully saturated rings. The zero-order valence-electron chi connectivity index (χ0n) is 16.3. The van der Waals surface area contributed by atoms with Gasteiger partial charge in [0.25, 0.3) is 5.56 Å². The van der Waals surface area contributed by atoms with E-state index in [1.807, 2.05) is 19.9 Å². The van der Waals surface area contributed by atoms with E-state index in [0.29, 0.717) is 41.3 Å². The molecule has 1 aromatic heterocycles. The van der Waals surface area contributed by atoms with E-state index in [9.17, 15) is 9.59 Å². The van der Waals surface area contributed by atoms with Crippen LogP contribution >= 0.6 is 15.9 Å². The van der Waals surface area contributed by atoms with Crippen molar-refractivity contribution in [1.82, 2.24) is 9.55 Å². The van der Waals surface area contributed by atoms with Crippen LogP contribution in [-0.4, -0.2) is 28.7 Å². The predicted molar refractivity (Wildman–Crippen MR) is 116 cm³/mol. The lowest BCUT2D eigenvalue weighted by molar-refractivity contribution is -0.116. The van der Waals surface area contributed by atoms with Gasteiger partial charge in [-0.1, -0.05) is 15.9 Å². The Hall–Kier alpha value is -2.87.